The van der Waals surface area contributed by atoms with Crippen LogP contribution in [-0.2, 0) is 6.54 Å². The number of carbonyl (C=O) groups is 1. The van der Waals surface area contributed by atoms with Crippen LogP contribution in [0.1, 0.15) is 27.0 Å². The summed E-state index contributed by atoms with van der Waals surface area (Å²) >= 11 is 1.62. The van der Waals surface area contributed by atoms with Crippen LogP contribution in [0.2, 0.25) is 0 Å². The second kappa shape index (κ2) is 5.66. The van der Waals surface area contributed by atoms with E-state index in [1.54, 1.807) is 34.4 Å². The highest BCUT2D eigenvalue weighted by molar-refractivity contribution is 7.10. The molecule has 1 aromatic carbocycles. The predicted octanol–water partition coefficient (Wildman–Crippen LogP) is 3.93. The Morgan fingerprint density at radius 3 is 2.74 bits per heavy atom. The fourth-order valence-electron chi connectivity index (χ4n) is 3.14. The van der Waals surface area contributed by atoms with Gasteiger partial charge in [-0.25, -0.2) is 4.39 Å². The van der Waals surface area contributed by atoms with E-state index in [-0.39, 0.29) is 17.5 Å². The summed E-state index contributed by atoms with van der Waals surface area (Å²) in [7, 11) is 0. The van der Waals surface area contributed by atoms with Crippen LogP contribution in [0.15, 0.2) is 60.1 Å². The molecule has 1 atom stereocenters. The monoisotopic (exact) mass is 326 g/mol. The van der Waals surface area contributed by atoms with Crippen molar-refractivity contribution in [2.24, 2.45) is 0 Å². The van der Waals surface area contributed by atoms with Gasteiger partial charge in [0.2, 0.25) is 0 Å². The number of amides is 1. The van der Waals surface area contributed by atoms with Crippen LogP contribution in [0.3, 0.4) is 0 Å². The molecule has 0 saturated carbocycles. The molecule has 1 aliphatic rings. The molecular weight excluding hydrogens is 311 g/mol. The minimum atomic E-state index is -0.469. The summed E-state index contributed by atoms with van der Waals surface area (Å²) in [4.78, 5) is 15.8. The minimum absolute atomic E-state index is 0.133. The average Bonchev–Trinajstić information content (AvgIpc) is 3.25. The first-order valence-electron chi connectivity index (χ1n) is 7.49. The Bertz CT molecular complexity index is 840. The molecule has 1 amide bonds. The van der Waals surface area contributed by atoms with E-state index >= 15 is 0 Å². The number of rotatable bonds is 2. The van der Waals surface area contributed by atoms with Crippen LogP contribution < -0.4 is 0 Å². The second-order valence-electron chi connectivity index (χ2n) is 5.52. The Morgan fingerprint density at radius 1 is 1.09 bits per heavy atom. The molecule has 3 heterocycles. The smallest absolute Gasteiger partial charge is 0.257 e. The molecule has 4 rings (SSSR count). The van der Waals surface area contributed by atoms with Crippen LogP contribution in [0.4, 0.5) is 4.39 Å². The molecule has 0 bridgehead atoms. The van der Waals surface area contributed by atoms with Gasteiger partial charge in [0, 0.05) is 29.9 Å². The van der Waals surface area contributed by atoms with Crippen molar-refractivity contribution < 1.29 is 9.18 Å². The molecule has 5 heteroatoms. The molecule has 0 radical (unpaired) electrons. The van der Waals surface area contributed by atoms with Gasteiger partial charge in [-0.15, -0.1) is 11.3 Å². The number of benzene rings is 1. The SMILES string of the molecule is O=C(c1ccccc1F)N1CCn2cccc2[C@@H]1c1cccs1. The van der Waals surface area contributed by atoms with Gasteiger partial charge < -0.3 is 9.47 Å². The Hall–Kier alpha value is -2.40. The minimum Gasteiger partial charge on any atom is -0.347 e. The average molecular weight is 326 g/mol. The van der Waals surface area contributed by atoms with Crippen LogP contribution in [0.5, 0.6) is 0 Å². The molecule has 0 aliphatic carbocycles. The fourth-order valence-corrected chi connectivity index (χ4v) is 3.99. The van der Waals surface area contributed by atoms with E-state index in [0.29, 0.717) is 6.54 Å². The summed E-state index contributed by atoms with van der Waals surface area (Å²) in [5, 5.41) is 2.00. The number of hydrogen-bond acceptors (Lipinski definition) is 2. The van der Waals surface area contributed by atoms with Crippen LogP contribution >= 0.6 is 11.3 Å². The van der Waals surface area contributed by atoms with Crippen LogP contribution in [0.25, 0.3) is 0 Å². The van der Waals surface area contributed by atoms with Gasteiger partial charge in [0.05, 0.1) is 5.56 Å². The molecular formula is C18H15FN2OS. The molecule has 1 aliphatic heterocycles. The van der Waals surface area contributed by atoms with E-state index < -0.39 is 5.82 Å². The molecule has 0 N–H and O–H groups in total. The Balaban J connectivity index is 1.78. The summed E-state index contributed by atoms with van der Waals surface area (Å²) < 4.78 is 16.2. The molecule has 3 aromatic rings. The highest BCUT2D eigenvalue weighted by Crippen LogP contribution is 2.35. The maximum absolute atomic E-state index is 14.1. The zero-order chi connectivity index (χ0) is 15.8. The molecule has 23 heavy (non-hydrogen) atoms. The highest BCUT2D eigenvalue weighted by Gasteiger charge is 2.34. The normalized spacial score (nSPS) is 17.1. The van der Waals surface area contributed by atoms with Crippen molar-refractivity contribution in [3.8, 4) is 0 Å². The van der Waals surface area contributed by atoms with E-state index in [4.69, 9.17) is 0 Å². The number of carbonyl (C=O) groups excluding carboxylic acids is 1. The summed E-state index contributed by atoms with van der Waals surface area (Å²) in [6.07, 6.45) is 2.03. The van der Waals surface area contributed by atoms with Gasteiger partial charge in [-0.05, 0) is 35.7 Å². The Kier molecular flexibility index (Phi) is 3.50. The van der Waals surface area contributed by atoms with Gasteiger partial charge >= 0.3 is 0 Å². The maximum atomic E-state index is 14.1. The third-order valence-corrected chi connectivity index (χ3v) is 5.14. The molecule has 0 fully saturated rings. The second-order valence-corrected chi connectivity index (χ2v) is 6.50. The number of thiophene rings is 1. The molecule has 2 aromatic heterocycles. The van der Waals surface area contributed by atoms with Gasteiger partial charge in [0.25, 0.3) is 5.91 Å². The van der Waals surface area contributed by atoms with Gasteiger partial charge in [-0.2, -0.15) is 0 Å². The number of aromatic nitrogens is 1. The quantitative estimate of drug-likeness (QED) is 0.700. The van der Waals surface area contributed by atoms with Crippen molar-refractivity contribution >= 4 is 17.2 Å². The topological polar surface area (TPSA) is 25.2 Å². The molecule has 116 valence electrons. The van der Waals surface area contributed by atoms with Gasteiger partial charge in [0.15, 0.2) is 0 Å². The van der Waals surface area contributed by atoms with E-state index in [0.717, 1.165) is 17.1 Å². The zero-order valence-corrected chi connectivity index (χ0v) is 13.2. The first-order chi connectivity index (χ1) is 11.3. The molecule has 3 nitrogen and oxygen atoms in total. The lowest BCUT2D eigenvalue weighted by Crippen LogP contribution is -2.42. The Labute approximate surface area is 137 Å². The molecule has 0 spiro atoms. The van der Waals surface area contributed by atoms with Crippen molar-refractivity contribution in [1.82, 2.24) is 9.47 Å². The summed E-state index contributed by atoms with van der Waals surface area (Å²) in [6, 6.07) is 14.1. The van der Waals surface area contributed by atoms with Crippen molar-refractivity contribution in [3.05, 3.63) is 82.1 Å². The lowest BCUT2D eigenvalue weighted by atomic mass is 10.1. The number of hydrogen-bond donors (Lipinski definition) is 0. The third kappa shape index (κ3) is 2.37. The predicted molar refractivity (Wildman–Crippen MR) is 88.0 cm³/mol. The Morgan fingerprint density at radius 2 is 1.96 bits per heavy atom. The fraction of sp³-hybridized carbons (Fsp3) is 0.167. The standard InChI is InChI=1S/C18H15FN2OS/c19-14-6-2-1-5-13(14)18(22)21-11-10-20-9-3-7-15(20)17(21)16-8-4-12-23-16/h1-9,12,17H,10-11H2/t17-/m1/s1. The van der Waals surface area contributed by atoms with Crippen LogP contribution in [0, 0.1) is 5.82 Å². The van der Waals surface area contributed by atoms with Crippen molar-refractivity contribution in [3.63, 3.8) is 0 Å². The van der Waals surface area contributed by atoms with E-state index in [2.05, 4.69) is 4.57 Å². The van der Waals surface area contributed by atoms with E-state index in [1.807, 2.05) is 35.8 Å². The van der Waals surface area contributed by atoms with Gasteiger partial charge in [-0.1, -0.05) is 18.2 Å². The lowest BCUT2D eigenvalue weighted by Gasteiger charge is -2.36. The van der Waals surface area contributed by atoms with Crippen LogP contribution in [-0.4, -0.2) is 21.9 Å². The third-order valence-electron chi connectivity index (χ3n) is 4.22. The van der Waals surface area contributed by atoms with Crippen molar-refractivity contribution in [2.45, 2.75) is 12.6 Å². The van der Waals surface area contributed by atoms with Crippen molar-refractivity contribution in [1.29, 1.82) is 0 Å². The van der Waals surface area contributed by atoms with Gasteiger partial charge in [0.1, 0.15) is 11.9 Å². The number of halogens is 1. The number of nitrogens with zero attached hydrogens (tertiary/aromatic N) is 2. The highest BCUT2D eigenvalue weighted by atomic mass is 32.1. The first kappa shape index (κ1) is 14.2. The largest absolute Gasteiger partial charge is 0.347 e. The van der Waals surface area contributed by atoms with Crippen molar-refractivity contribution in [2.75, 3.05) is 6.54 Å². The zero-order valence-electron chi connectivity index (χ0n) is 12.4. The number of fused-ring (bicyclic) bond motifs is 1. The van der Waals surface area contributed by atoms with Gasteiger partial charge in [-0.3, -0.25) is 4.79 Å². The van der Waals surface area contributed by atoms with E-state index in [1.165, 1.54) is 6.07 Å². The maximum Gasteiger partial charge on any atom is 0.257 e. The lowest BCUT2D eigenvalue weighted by molar-refractivity contribution is 0.0662. The molecule has 0 saturated heterocycles. The summed E-state index contributed by atoms with van der Waals surface area (Å²) in [5.41, 5.74) is 1.21. The first-order valence-corrected chi connectivity index (χ1v) is 8.37. The summed E-state index contributed by atoms with van der Waals surface area (Å²) in [5.74, 6) is -0.725. The summed E-state index contributed by atoms with van der Waals surface area (Å²) in [6.45, 7) is 1.29. The molecule has 0 unspecified atom stereocenters. The van der Waals surface area contributed by atoms with E-state index in [9.17, 15) is 9.18 Å².